The lowest BCUT2D eigenvalue weighted by Crippen LogP contribution is -2.44. The first-order chi connectivity index (χ1) is 15.2. The monoisotopic (exact) mass is 426 g/mol. The van der Waals surface area contributed by atoms with Crippen LogP contribution < -0.4 is 9.64 Å². The maximum Gasteiger partial charge on any atom is 0.268 e. The van der Waals surface area contributed by atoms with Gasteiger partial charge in [0.1, 0.15) is 5.75 Å². The molecule has 1 aliphatic rings. The third-order valence-electron chi connectivity index (χ3n) is 5.40. The lowest BCUT2D eigenvalue weighted by Gasteiger charge is -2.33. The van der Waals surface area contributed by atoms with Crippen molar-refractivity contribution in [2.45, 2.75) is 26.0 Å². The normalized spacial score (nSPS) is 15.5. The number of carbonyl (C=O) groups excluding carboxylic acids is 1. The molecule has 0 fully saturated rings. The molecule has 4 nitrogen and oxygen atoms in total. The van der Waals surface area contributed by atoms with Gasteiger partial charge in [-0.3, -0.25) is 4.79 Å². The number of ether oxygens (including phenoxy) is 1. The highest BCUT2D eigenvalue weighted by Gasteiger charge is 2.32. The average molecular weight is 427 g/mol. The number of benzene rings is 3. The molecule has 0 spiro atoms. The van der Waals surface area contributed by atoms with Crippen LogP contribution >= 0.6 is 11.3 Å². The highest BCUT2D eigenvalue weighted by Crippen LogP contribution is 2.38. The van der Waals surface area contributed by atoms with E-state index in [1.807, 2.05) is 71.6 Å². The van der Waals surface area contributed by atoms with E-state index < -0.39 is 6.10 Å². The number of aromatic nitrogens is 1. The van der Waals surface area contributed by atoms with E-state index in [-0.39, 0.29) is 5.91 Å². The van der Waals surface area contributed by atoms with Gasteiger partial charge >= 0.3 is 0 Å². The smallest absolute Gasteiger partial charge is 0.268 e. The van der Waals surface area contributed by atoms with Crippen LogP contribution in [0.25, 0.3) is 11.3 Å². The number of fused-ring (bicyclic) bond motifs is 1. The zero-order valence-corrected chi connectivity index (χ0v) is 18.0. The van der Waals surface area contributed by atoms with Gasteiger partial charge in [0, 0.05) is 17.4 Å². The van der Waals surface area contributed by atoms with Crippen LogP contribution in [0.3, 0.4) is 0 Å². The van der Waals surface area contributed by atoms with E-state index in [2.05, 4.69) is 17.5 Å². The number of anilines is 1. The molecule has 1 unspecified atom stereocenters. The molecule has 3 aromatic carbocycles. The molecule has 1 amide bonds. The van der Waals surface area contributed by atoms with Crippen LogP contribution in [-0.2, 0) is 17.8 Å². The first-order valence-electron chi connectivity index (χ1n) is 10.3. The number of rotatable bonds is 5. The summed E-state index contributed by atoms with van der Waals surface area (Å²) in [4.78, 5) is 19.6. The minimum atomic E-state index is -0.501. The Morgan fingerprint density at radius 2 is 1.68 bits per heavy atom. The summed E-state index contributed by atoms with van der Waals surface area (Å²) in [6.07, 6.45) is 0.314. The Kier molecular flexibility index (Phi) is 5.26. The zero-order chi connectivity index (χ0) is 21.2. The second-order valence-corrected chi connectivity index (χ2v) is 8.58. The lowest BCUT2D eigenvalue weighted by molar-refractivity contribution is -0.125. The molecule has 1 atom stereocenters. The number of thiazole rings is 1. The number of carbonyl (C=O) groups is 1. The highest BCUT2D eigenvalue weighted by atomic mass is 32.1. The molecule has 5 heteroatoms. The molecule has 1 aromatic heterocycles. The Labute approximate surface area is 185 Å². The maximum atomic E-state index is 12.9. The van der Waals surface area contributed by atoms with Gasteiger partial charge in [0.05, 0.1) is 22.9 Å². The number of nitrogens with zero attached hydrogens (tertiary/aromatic N) is 2. The summed E-state index contributed by atoms with van der Waals surface area (Å²) in [6, 6.07) is 26.4. The van der Waals surface area contributed by atoms with Crippen molar-refractivity contribution in [3.8, 4) is 17.0 Å². The van der Waals surface area contributed by atoms with Gasteiger partial charge in [-0.2, -0.15) is 0 Å². The Hall–Kier alpha value is -3.44. The van der Waals surface area contributed by atoms with Crippen LogP contribution in [0.1, 0.15) is 23.1 Å². The van der Waals surface area contributed by atoms with Crippen molar-refractivity contribution in [1.82, 2.24) is 4.98 Å². The quantitative estimate of drug-likeness (QED) is 0.410. The topological polar surface area (TPSA) is 42.4 Å². The summed E-state index contributed by atoms with van der Waals surface area (Å²) in [6.45, 7) is 2.31. The molecule has 5 rings (SSSR count). The zero-order valence-electron chi connectivity index (χ0n) is 17.2. The van der Waals surface area contributed by atoms with Crippen LogP contribution in [0.5, 0.6) is 5.75 Å². The van der Waals surface area contributed by atoms with Crippen molar-refractivity contribution < 1.29 is 9.53 Å². The Balaban J connectivity index is 1.46. The molecule has 0 saturated carbocycles. The molecule has 31 heavy (non-hydrogen) atoms. The van der Waals surface area contributed by atoms with E-state index >= 15 is 0 Å². The second kappa shape index (κ2) is 8.36. The summed E-state index contributed by atoms with van der Waals surface area (Å²) in [5.74, 6) is 0.697. The van der Waals surface area contributed by atoms with Gasteiger partial charge in [-0.25, -0.2) is 4.98 Å². The third-order valence-corrected chi connectivity index (χ3v) is 6.25. The number of hydrogen-bond donors (Lipinski definition) is 0. The maximum absolute atomic E-state index is 12.9. The fourth-order valence-corrected chi connectivity index (χ4v) is 4.63. The van der Waals surface area contributed by atoms with Crippen LogP contribution in [0.15, 0.2) is 84.2 Å². The molecule has 154 valence electrons. The molecule has 0 aliphatic carbocycles. The van der Waals surface area contributed by atoms with Gasteiger partial charge in [-0.05, 0) is 36.2 Å². The highest BCUT2D eigenvalue weighted by molar-refractivity contribution is 7.10. The Morgan fingerprint density at radius 3 is 2.42 bits per heavy atom. The molecule has 0 saturated heterocycles. The molecular formula is C26H22N2O2S. The predicted octanol–water partition coefficient (Wildman–Crippen LogP) is 5.72. The molecule has 0 N–H and O–H groups in total. The van der Waals surface area contributed by atoms with Gasteiger partial charge in [0.2, 0.25) is 0 Å². The minimum Gasteiger partial charge on any atom is -0.479 e. The van der Waals surface area contributed by atoms with E-state index in [1.165, 1.54) is 5.56 Å². The second-order valence-electron chi connectivity index (χ2n) is 7.64. The SMILES string of the molecule is CC1Oc2ccc(-c3csc(Cc4ccccc4)n3)cc2N(Cc2ccccc2)C1=O. The van der Waals surface area contributed by atoms with Crippen molar-refractivity contribution in [2.24, 2.45) is 0 Å². The summed E-state index contributed by atoms with van der Waals surface area (Å²) < 4.78 is 5.88. The van der Waals surface area contributed by atoms with Crippen molar-refractivity contribution in [1.29, 1.82) is 0 Å². The number of hydrogen-bond acceptors (Lipinski definition) is 4. The molecule has 2 heterocycles. The van der Waals surface area contributed by atoms with Gasteiger partial charge < -0.3 is 9.64 Å². The molecular weight excluding hydrogens is 404 g/mol. The van der Waals surface area contributed by atoms with E-state index in [4.69, 9.17) is 9.72 Å². The summed E-state index contributed by atoms with van der Waals surface area (Å²) >= 11 is 1.66. The largest absolute Gasteiger partial charge is 0.479 e. The third kappa shape index (κ3) is 4.09. The summed E-state index contributed by atoms with van der Waals surface area (Å²) in [5.41, 5.74) is 5.03. The van der Waals surface area contributed by atoms with Gasteiger partial charge in [0.15, 0.2) is 6.10 Å². The minimum absolute atomic E-state index is 0.0310. The van der Waals surface area contributed by atoms with E-state index in [9.17, 15) is 4.79 Å². The Morgan fingerprint density at radius 1 is 0.968 bits per heavy atom. The van der Waals surface area contributed by atoms with E-state index in [1.54, 1.807) is 18.3 Å². The molecule has 4 aromatic rings. The van der Waals surface area contributed by atoms with Gasteiger partial charge in [-0.15, -0.1) is 11.3 Å². The van der Waals surface area contributed by atoms with Crippen molar-refractivity contribution in [3.05, 3.63) is 100 Å². The fraction of sp³-hybridized carbons (Fsp3) is 0.154. The Bertz CT molecular complexity index is 1200. The average Bonchev–Trinajstić information content (AvgIpc) is 3.26. The van der Waals surface area contributed by atoms with E-state index in [0.717, 1.165) is 39.7 Å². The standard InChI is InChI=1S/C26H22N2O2S/c1-18-26(29)28(16-20-10-6-3-7-11-20)23-15-21(12-13-24(23)30-18)22-17-31-25(27-22)14-19-8-4-2-5-9-19/h2-13,15,17-18H,14,16H2,1H3. The first-order valence-corrected chi connectivity index (χ1v) is 11.2. The van der Waals surface area contributed by atoms with Crippen molar-refractivity contribution >= 4 is 22.9 Å². The van der Waals surface area contributed by atoms with Crippen LogP contribution in [0, 0.1) is 0 Å². The van der Waals surface area contributed by atoms with Gasteiger partial charge in [-0.1, -0.05) is 60.7 Å². The van der Waals surface area contributed by atoms with Gasteiger partial charge in [0.25, 0.3) is 5.91 Å². The van der Waals surface area contributed by atoms with Crippen molar-refractivity contribution in [2.75, 3.05) is 4.90 Å². The predicted molar refractivity (Wildman–Crippen MR) is 125 cm³/mol. The molecule has 0 bridgehead atoms. The summed E-state index contributed by atoms with van der Waals surface area (Å²) in [5, 5.41) is 3.15. The fourth-order valence-electron chi connectivity index (χ4n) is 3.79. The van der Waals surface area contributed by atoms with Crippen LogP contribution in [0.4, 0.5) is 5.69 Å². The van der Waals surface area contributed by atoms with Crippen LogP contribution in [0.2, 0.25) is 0 Å². The first kappa shape index (κ1) is 19.5. The summed E-state index contributed by atoms with van der Waals surface area (Å²) in [7, 11) is 0. The van der Waals surface area contributed by atoms with Crippen LogP contribution in [-0.4, -0.2) is 17.0 Å². The van der Waals surface area contributed by atoms with Crippen molar-refractivity contribution in [3.63, 3.8) is 0 Å². The van der Waals surface area contributed by atoms with E-state index in [0.29, 0.717) is 6.54 Å². The molecule has 0 radical (unpaired) electrons. The lowest BCUT2D eigenvalue weighted by atomic mass is 10.1. The number of amides is 1. The molecule has 1 aliphatic heterocycles.